The average molecular weight is 287 g/mol. The number of hydrogen-bond donors (Lipinski definition) is 1. The van der Waals surface area contributed by atoms with Crippen molar-refractivity contribution in [3.63, 3.8) is 0 Å². The molecule has 3 rings (SSSR count). The molecule has 0 saturated carbocycles. The summed E-state index contributed by atoms with van der Waals surface area (Å²) in [4.78, 5) is 22.5. The molecule has 0 unspecified atom stereocenters. The molecule has 0 aromatic carbocycles. The van der Waals surface area contributed by atoms with Crippen LogP contribution in [0.2, 0.25) is 0 Å². The van der Waals surface area contributed by atoms with Crippen LogP contribution in [0.25, 0.3) is 0 Å². The van der Waals surface area contributed by atoms with Gasteiger partial charge in [0.25, 0.3) is 0 Å². The second-order valence-corrected chi connectivity index (χ2v) is 5.11. The Morgan fingerprint density at radius 3 is 2.95 bits per heavy atom. The quantitative estimate of drug-likeness (QED) is 0.918. The number of rotatable bonds is 4. The Morgan fingerprint density at radius 1 is 1.43 bits per heavy atom. The van der Waals surface area contributed by atoms with Gasteiger partial charge in [0.2, 0.25) is 5.91 Å². The summed E-state index contributed by atoms with van der Waals surface area (Å²) in [6.45, 7) is 3.72. The Kier molecular flexibility index (Phi) is 3.81. The van der Waals surface area contributed by atoms with Gasteiger partial charge in [0.05, 0.1) is 18.3 Å². The minimum absolute atomic E-state index is 0.154. The summed E-state index contributed by atoms with van der Waals surface area (Å²) in [5, 5.41) is 6.68. The first-order chi connectivity index (χ1) is 10.2. The van der Waals surface area contributed by atoms with Crippen molar-refractivity contribution in [2.24, 2.45) is 0 Å². The molecule has 0 aliphatic carbocycles. The van der Waals surface area contributed by atoms with Crippen LogP contribution in [-0.2, 0) is 11.2 Å². The van der Waals surface area contributed by atoms with Crippen LogP contribution >= 0.6 is 0 Å². The van der Waals surface area contributed by atoms with Crippen LogP contribution in [0.5, 0.6) is 0 Å². The number of aromatic nitrogens is 3. The van der Waals surface area contributed by atoms with Gasteiger partial charge >= 0.3 is 0 Å². The van der Waals surface area contributed by atoms with E-state index in [1.165, 1.54) is 6.33 Å². The van der Waals surface area contributed by atoms with Crippen LogP contribution in [0.15, 0.2) is 23.1 Å². The lowest BCUT2D eigenvalue weighted by Crippen LogP contribution is -2.23. The highest BCUT2D eigenvalue weighted by atomic mass is 16.5. The van der Waals surface area contributed by atoms with Gasteiger partial charge in [-0.3, -0.25) is 4.79 Å². The zero-order chi connectivity index (χ0) is 14.7. The van der Waals surface area contributed by atoms with Gasteiger partial charge in [-0.05, 0) is 19.8 Å². The van der Waals surface area contributed by atoms with Crippen molar-refractivity contribution >= 4 is 17.4 Å². The second kappa shape index (κ2) is 5.90. The van der Waals surface area contributed by atoms with Crippen LogP contribution in [-0.4, -0.2) is 34.1 Å². The Morgan fingerprint density at radius 2 is 2.24 bits per heavy atom. The Balaban J connectivity index is 1.70. The number of hydrogen-bond acceptors (Lipinski definition) is 6. The molecular weight excluding hydrogens is 270 g/mol. The number of carbonyl (C=O) groups excluding carboxylic acids is 1. The molecule has 1 fully saturated rings. The number of amides is 1. The van der Waals surface area contributed by atoms with Crippen LogP contribution in [0.1, 0.15) is 24.3 Å². The molecular formula is C14H17N5O2. The molecule has 1 amide bonds. The van der Waals surface area contributed by atoms with E-state index in [9.17, 15) is 4.79 Å². The molecule has 0 spiro atoms. The Hall–Kier alpha value is -2.44. The standard InChI is InChI=1S/C14H17N5O2/c1-10-6-11(18-21-10)7-13(20)17-12-8-15-9-16-14(12)19-4-2-3-5-19/h6,8-9H,2-5,7H2,1H3,(H,17,20). The largest absolute Gasteiger partial charge is 0.361 e. The van der Waals surface area contributed by atoms with Gasteiger partial charge in [-0.25, -0.2) is 9.97 Å². The van der Waals surface area contributed by atoms with Crippen molar-refractivity contribution < 1.29 is 9.32 Å². The predicted octanol–water partition coefficient (Wildman–Crippen LogP) is 1.55. The molecule has 1 N–H and O–H groups in total. The van der Waals surface area contributed by atoms with Crippen LogP contribution < -0.4 is 10.2 Å². The summed E-state index contributed by atoms with van der Waals surface area (Å²) in [5.74, 6) is 1.32. The lowest BCUT2D eigenvalue weighted by molar-refractivity contribution is -0.115. The van der Waals surface area contributed by atoms with E-state index in [-0.39, 0.29) is 12.3 Å². The molecule has 0 radical (unpaired) electrons. The third-order valence-electron chi connectivity index (χ3n) is 3.39. The third-order valence-corrected chi connectivity index (χ3v) is 3.39. The summed E-state index contributed by atoms with van der Waals surface area (Å²) in [6, 6.07) is 1.75. The molecule has 2 aromatic heterocycles. The van der Waals surface area contributed by atoms with Gasteiger partial charge in [0.1, 0.15) is 17.8 Å². The van der Waals surface area contributed by atoms with Crippen molar-refractivity contribution in [1.29, 1.82) is 0 Å². The highest BCUT2D eigenvalue weighted by molar-refractivity contribution is 5.94. The van der Waals surface area contributed by atoms with Crippen molar-refractivity contribution in [3.8, 4) is 0 Å². The molecule has 3 heterocycles. The smallest absolute Gasteiger partial charge is 0.230 e. The van der Waals surface area contributed by atoms with E-state index >= 15 is 0 Å². The van der Waals surface area contributed by atoms with E-state index in [1.54, 1.807) is 19.2 Å². The van der Waals surface area contributed by atoms with E-state index in [2.05, 4.69) is 25.3 Å². The maximum absolute atomic E-state index is 12.1. The molecule has 1 aliphatic heterocycles. The first-order valence-electron chi connectivity index (χ1n) is 6.99. The van der Waals surface area contributed by atoms with Crippen molar-refractivity contribution in [1.82, 2.24) is 15.1 Å². The topological polar surface area (TPSA) is 84.2 Å². The zero-order valence-electron chi connectivity index (χ0n) is 11.9. The summed E-state index contributed by atoms with van der Waals surface area (Å²) in [5.41, 5.74) is 1.26. The van der Waals surface area contributed by atoms with Crippen molar-refractivity contribution in [2.45, 2.75) is 26.2 Å². The zero-order valence-corrected chi connectivity index (χ0v) is 11.9. The summed E-state index contributed by atoms with van der Waals surface area (Å²) < 4.78 is 4.96. The first-order valence-corrected chi connectivity index (χ1v) is 6.99. The van der Waals surface area contributed by atoms with Gasteiger partial charge in [0.15, 0.2) is 5.82 Å². The van der Waals surface area contributed by atoms with Crippen molar-refractivity contribution in [3.05, 3.63) is 30.0 Å². The highest BCUT2D eigenvalue weighted by Crippen LogP contribution is 2.25. The fourth-order valence-electron chi connectivity index (χ4n) is 2.45. The number of carbonyl (C=O) groups is 1. The molecule has 0 atom stereocenters. The van der Waals surface area contributed by atoms with Crippen LogP contribution in [0.3, 0.4) is 0 Å². The maximum Gasteiger partial charge on any atom is 0.230 e. The lowest BCUT2D eigenvalue weighted by Gasteiger charge is -2.19. The predicted molar refractivity (Wildman–Crippen MR) is 77.1 cm³/mol. The molecule has 7 nitrogen and oxygen atoms in total. The van der Waals surface area contributed by atoms with Gasteiger partial charge in [-0.15, -0.1) is 0 Å². The SMILES string of the molecule is Cc1cc(CC(=O)Nc2cncnc2N2CCCC2)no1. The van der Waals surface area contributed by atoms with E-state index < -0.39 is 0 Å². The monoisotopic (exact) mass is 287 g/mol. The summed E-state index contributed by atoms with van der Waals surface area (Å²) in [6.07, 6.45) is 5.60. The van der Waals surface area contributed by atoms with E-state index in [4.69, 9.17) is 4.52 Å². The van der Waals surface area contributed by atoms with Gasteiger partial charge in [-0.2, -0.15) is 0 Å². The third kappa shape index (κ3) is 3.18. The fraction of sp³-hybridized carbons (Fsp3) is 0.429. The van der Waals surface area contributed by atoms with Gasteiger partial charge in [-0.1, -0.05) is 5.16 Å². The average Bonchev–Trinajstić information content (AvgIpc) is 3.11. The normalized spacial score (nSPS) is 14.4. The molecule has 0 bridgehead atoms. The molecule has 110 valence electrons. The number of nitrogens with one attached hydrogen (secondary N) is 1. The molecule has 1 aliphatic rings. The summed E-state index contributed by atoms with van der Waals surface area (Å²) >= 11 is 0. The van der Waals surface area contributed by atoms with E-state index in [0.29, 0.717) is 17.1 Å². The van der Waals surface area contributed by atoms with Crippen LogP contribution in [0.4, 0.5) is 11.5 Å². The summed E-state index contributed by atoms with van der Waals surface area (Å²) in [7, 11) is 0. The number of nitrogens with zero attached hydrogens (tertiary/aromatic N) is 4. The van der Waals surface area contributed by atoms with E-state index in [0.717, 1.165) is 31.7 Å². The van der Waals surface area contributed by atoms with Crippen LogP contribution in [0, 0.1) is 6.92 Å². The first kappa shape index (κ1) is 13.5. The fourth-order valence-corrected chi connectivity index (χ4v) is 2.45. The Labute approximate surface area is 122 Å². The maximum atomic E-state index is 12.1. The molecule has 7 heteroatoms. The van der Waals surface area contributed by atoms with Gasteiger partial charge in [0, 0.05) is 19.2 Å². The number of anilines is 2. The second-order valence-electron chi connectivity index (χ2n) is 5.11. The molecule has 1 saturated heterocycles. The Bertz CT molecular complexity index is 634. The van der Waals surface area contributed by atoms with E-state index in [1.807, 2.05) is 0 Å². The highest BCUT2D eigenvalue weighted by Gasteiger charge is 2.18. The minimum atomic E-state index is -0.154. The lowest BCUT2D eigenvalue weighted by atomic mass is 10.2. The van der Waals surface area contributed by atoms with Gasteiger partial charge < -0.3 is 14.7 Å². The minimum Gasteiger partial charge on any atom is -0.361 e. The van der Waals surface area contributed by atoms with Crippen molar-refractivity contribution in [2.75, 3.05) is 23.3 Å². The molecule has 21 heavy (non-hydrogen) atoms. The molecule has 2 aromatic rings. The number of aryl methyl sites for hydroxylation is 1.